The zero-order valence-electron chi connectivity index (χ0n) is 14.6. The molecule has 0 spiro atoms. The van der Waals surface area contributed by atoms with Crippen LogP contribution in [0.4, 0.5) is 0 Å². The molecule has 134 valence electrons. The third kappa shape index (κ3) is 3.34. The molecule has 1 amide bonds. The minimum absolute atomic E-state index is 0.384. The largest absolute Gasteiger partial charge is 0.469 e. The highest BCUT2D eigenvalue weighted by Gasteiger charge is 2.29. The minimum Gasteiger partial charge on any atom is -0.469 e. The van der Waals surface area contributed by atoms with Crippen LogP contribution in [0.2, 0.25) is 0 Å². The maximum absolute atomic E-state index is 11.5. The molecular weight excluding hydrogens is 318 g/mol. The van der Waals surface area contributed by atoms with E-state index in [1.54, 1.807) is 10.9 Å². The van der Waals surface area contributed by atoms with E-state index in [1.165, 1.54) is 12.0 Å². The molecule has 0 aromatic carbocycles. The summed E-state index contributed by atoms with van der Waals surface area (Å²) in [4.78, 5) is 13.9. The van der Waals surface area contributed by atoms with Gasteiger partial charge in [0.2, 0.25) is 0 Å². The number of hydrogen-bond acceptors (Lipinski definition) is 5. The fraction of sp³-hybridized carbons (Fsp3) is 0.556. The topological polar surface area (TPSA) is 89.3 Å². The van der Waals surface area contributed by atoms with Gasteiger partial charge in [-0.25, -0.2) is 0 Å². The SMILES string of the molecule is Cn1cc(CN2CCC(NC3CCCc4occc43)C2)c(C(N)=O)n1. The summed E-state index contributed by atoms with van der Waals surface area (Å²) in [5.74, 6) is 0.680. The fourth-order valence-corrected chi connectivity index (χ4v) is 4.16. The highest BCUT2D eigenvalue weighted by atomic mass is 16.3. The van der Waals surface area contributed by atoms with Gasteiger partial charge in [-0.3, -0.25) is 14.4 Å². The van der Waals surface area contributed by atoms with E-state index in [0.29, 0.717) is 24.3 Å². The minimum atomic E-state index is -0.459. The monoisotopic (exact) mass is 343 g/mol. The highest BCUT2D eigenvalue weighted by molar-refractivity contribution is 5.92. The van der Waals surface area contributed by atoms with Crippen LogP contribution < -0.4 is 11.1 Å². The summed E-state index contributed by atoms with van der Waals surface area (Å²) in [5, 5.41) is 7.98. The summed E-state index contributed by atoms with van der Waals surface area (Å²) in [5.41, 5.74) is 8.05. The maximum Gasteiger partial charge on any atom is 0.269 e. The Morgan fingerprint density at radius 2 is 2.36 bits per heavy atom. The van der Waals surface area contributed by atoms with Gasteiger partial charge in [-0.2, -0.15) is 5.10 Å². The molecule has 2 unspecified atom stereocenters. The second-order valence-electron chi connectivity index (χ2n) is 7.17. The molecule has 1 saturated heterocycles. The molecule has 2 aliphatic rings. The number of furan rings is 1. The number of aromatic nitrogens is 2. The number of carbonyl (C=O) groups is 1. The summed E-state index contributed by atoms with van der Waals surface area (Å²) in [6, 6.07) is 2.96. The highest BCUT2D eigenvalue weighted by Crippen LogP contribution is 2.31. The molecule has 7 nitrogen and oxygen atoms in total. The van der Waals surface area contributed by atoms with E-state index in [0.717, 1.165) is 43.7 Å². The molecule has 2 atom stereocenters. The van der Waals surface area contributed by atoms with E-state index in [9.17, 15) is 4.79 Å². The van der Waals surface area contributed by atoms with E-state index < -0.39 is 5.91 Å². The fourth-order valence-electron chi connectivity index (χ4n) is 4.16. The van der Waals surface area contributed by atoms with Crippen molar-refractivity contribution in [3.8, 4) is 0 Å². The summed E-state index contributed by atoms with van der Waals surface area (Å²) in [6.07, 6.45) is 8.19. The number of rotatable bonds is 5. The van der Waals surface area contributed by atoms with Crippen LogP contribution in [0.15, 0.2) is 22.9 Å². The third-order valence-corrected chi connectivity index (χ3v) is 5.29. The van der Waals surface area contributed by atoms with Crippen molar-refractivity contribution in [2.45, 2.75) is 44.3 Å². The summed E-state index contributed by atoms with van der Waals surface area (Å²) < 4.78 is 7.24. The van der Waals surface area contributed by atoms with E-state index in [1.807, 2.05) is 13.2 Å². The summed E-state index contributed by atoms with van der Waals surface area (Å²) in [6.45, 7) is 2.69. The Hall–Kier alpha value is -2.12. The Bertz CT molecular complexity index is 765. The molecule has 4 rings (SSSR count). The van der Waals surface area contributed by atoms with Crippen molar-refractivity contribution in [1.29, 1.82) is 0 Å². The molecule has 3 heterocycles. The second kappa shape index (κ2) is 6.65. The molecule has 1 aliphatic heterocycles. The molecule has 7 heteroatoms. The van der Waals surface area contributed by atoms with Crippen LogP contribution in [0.3, 0.4) is 0 Å². The number of likely N-dealkylation sites (tertiary alicyclic amines) is 1. The smallest absolute Gasteiger partial charge is 0.269 e. The number of nitrogens with two attached hydrogens (primary N) is 1. The van der Waals surface area contributed by atoms with Gasteiger partial charge >= 0.3 is 0 Å². The molecule has 1 aliphatic carbocycles. The number of amides is 1. The lowest BCUT2D eigenvalue weighted by atomic mass is 9.93. The Morgan fingerprint density at radius 3 is 3.20 bits per heavy atom. The first kappa shape index (κ1) is 16.4. The van der Waals surface area contributed by atoms with E-state index in [-0.39, 0.29) is 0 Å². The maximum atomic E-state index is 11.5. The van der Waals surface area contributed by atoms with Crippen LogP contribution >= 0.6 is 0 Å². The lowest BCUT2D eigenvalue weighted by Gasteiger charge is -2.26. The standard InChI is InChI=1S/C18H25N5O2/c1-22-9-12(17(21-22)18(19)24)10-23-7-5-13(11-23)20-15-3-2-4-16-14(15)6-8-25-16/h6,8-9,13,15,20H,2-5,7,10-11H2,1H3,(H2,19,24). The molecule has 0 radical (unpaired) electrons. The quantitative estimate of drug-likeness (QED) is 0.855. The molecular formula is C18H25N5O2. The number of aryl methyl sites for hydroxylation is 2. The average molecular weight is 343 g/mol. The molecule has 25 heavy (non-hydrogen) atoms. The Labute approximate surface area is 147 Å². The zero-order valence-corrected chi connectivity index (χ0v) is 14.6. The average Bonchev–Trinajstić information content (AvgIpc) is 3.28. The van der Waals surface area contributed by atoms with Crippen LogP contribution in [0.1, 0.15) is 52.7 Å². The van der Waals surface area contributed by atoms with Crippen molar-refractivity contribution >= 4 is 5.91 Å². The van der Waals surface area contributed by atoms with Gasteiger partial charge in [0.15, 0.2) is 5.69 Å². The first-order valence-corrected chi connectivity index (χ1v) is 8.97. The van der Waals surface area contributed by atoms with Crippen molar-refractivity contribution in [3.05, 3.63) is 41.1 Å². The van der Waals surface area contributed by atoms with Gasteiger partial charge < -0.3 is 15.5 Å². The van der Waals surface area contributed by atoms with Gasteiger partial charge in [-0.15, -0.1) is 0 Å². The van der Waals surface area contributed by atoms with Crippen LogP contribution in [-0.4, -0.2) is 39.7 Å². The number of hydrogen-bond donors (Lipinski definition) is 2. The number of primary amides is 1. The Balaban J connectivity index is 1.37. The van der Waals surface area contributed by atoms with Crippen molar-refractivity contribution in [3.63, 3.8) is 0 Å². The van der Waals surface area contributed by atoms with Crippen molar-refractivity contribution in [2.24, 2.45) is 12.8 Å². The van der Waals surface area contributed by atoms with Crippen molar-refractivity contribution in [1.82, 2.24) is 20.0 Å². The second-order valence-corrected chi connectivity index (χ2v) is 7.17. The van der Waals surface area contributed by atoms with Crippen LogP contribution in [0.5, 0.6) is 0 Å². The first-order chi connectivity index (χ1) is 12.1. The lowest BCUT2D eigenvalue weighted by Crippen LogP contribution is -2.36. The Morgan fingerprint density at radius 1 is 1.48 bits per heavy atom. The van der Waals surface area contributed by atoms with Crippen LogP contribution in [0.25, 0.3) is 0 Å². The van der Waals surface area contributed by atoms with E-state index >= 15 is 0 Å². The van der Waals surface area contributed by atoms with E-state index in [4.69, 9.17) is 10.2 Å². The van der Waals surface area contributed by atoms with Gasteiger partial charge in [0.25, 0.3) is 5.91 Å². The molecule has 3 N–H and O–H groups in total. The lowest BCUT2D eigenvalue weighted by molar-refractivity contribution is 0.0993. The summed E-state index contributed by atoms with van der Waals surface area (Å²) in [7, 11) is 1.82. The van der Waals surface area contributed by atoms with Crippen molar-refractivity contribution < 1.29 is 9.21 Å². The molecule has 2 aromatic heterocycles. The van der Waals surface area contributed by atoms with E-state index in [2.05, 4.69) is 21.4 Å². The van der Waals surface area contributed by atoms with Gasteiger partial charge in [0.1, 0.15) is 5.76 Å². The molecule has 0 bridgehead atoms. The van der Waals surface area contributed by atoms with Crippen LogP contribution in [0, 0.1) is 0 Å². The number of nitrogens with one attached hydrogen (secondary N) is 1. The number of fused-ring (bicyclic) bond motifs is 1. The van der Waals surface area contributed by atoms with Gasteiger partial charge in [0, 0.05) is 62.5 Å². The van der Waals surface area contributed by atoms with Gasteiger partial charge in [-0.05, 0) is 25.3 Å². The number of nitrogens with zero attached hydrogens (tertiary/aromatic N) is 3. The molecule has 0 saturated carbocycles. The van der Waals surface area contributed by atoms with Crippen molar-refractivity contribution in [2.75, 3.05) is 13.1 Å². The zero-order chi connectivity index (χ0) is 17.4. The number of carbonyl (C=O) groups excluding carboxylic acids is 1. The Kier molecular flexibility index (Phi) is 4.35. The third-order valence-electron chi connectivity index (χ3n) is 5.29. The predicted molar refractivity (Wildman–Crippen MR) is 92.9 cm³/mol. The molecule has 2 aromatic rings. The van der Waals surface area contributed by atoms with Gasteiger partial charge in [0.05, 0.1) is 6.26 Å². The predicted octanol–water partition coefficient (Wildman–Crippen LogP) is 1.35. The van der Waals surface area contributed by atoms with Gasteiger partial charge in [-0.1, -0.05) is 0 Å². The van der Waals surface area contributed by atoms with Crippen LogP contribution in [-0.2, 0) is 20.0 Å². The normalized spacial score (nSPS) is 23.7. The molecule has 1 fully saturated rings. The summed E-state index contributed by atoms with van der Waals surface area (Å²) >= 11 is 0. The first-order valence-electron chi connectivity index (χ1n) is 8.97.